The minimum atomic E-state index is -0.105. The number of anilines is 1. The molecule has 2 heterocycles. The van der Waals surface area contributed by atoms with Gasteiger partial charge in [0.1, 0.15) is 0 Å². The molecule has 0 aliphatic carbocycles. The highest BCUT2D eigenvalue weighted by Crippen LogP contribution is 2.15. The molecule has 82 valence electrons. The van der Waals surface area contributed by atoms with Crippen LogP contribution in [-0.4, -0.2) is 17.8 Å². The summed E-state index contributed by atoms with van der Waals surface area (Å²) in [5, 5.41) is 0. The van der Waals surface area contributed by atoms with Crippen molar-refractivity contribution in [1.82, 2.24) is 4.57 Å². The van der Waals surface area contributed by atoms with Crippen molar-refractivity contribution in [2.24, 2.45) is 5.92 Å². The smallest absolute Gasteiger partial charge is 0.204 e. The molecule has 2 rings (SSSR count). The highest BCUT2D eigenvalue weighted by atomic mass is 16.5. The minimum absolute atomic E-state index is 0.105. The third kappa shape index (κ3) is 2.59. The van der Waals surface area contributed by atoms with Crippen LogP contribution in [0.3, 0.4) is 0 Å². The molecule has 0 bridgehead atoms. The quantitative estimate of drug-likeness (QED) is 0.784. The minimum Gasteiger partial charge on any atom is -0.394 e. The SMILES string of the molecule is Nc1cn(CC2CCCOC2)ccc1=O. The number of rotatable bonds is 2. The predicted octanol–water partition coefficient (Wildman–Crippen LogP) is 0.857. The lowest BCUT2D eigenvalue weighted by Gasteiger charge is -2.23. The zero-order chi connectivity index (χ0) is 10.7. The largest absolute Gasteiger partial charge is 0.394 e. The fraction of sp³-hybridized carbons (Fsp3) is 0.545. The summed E-state index contributed by atoms with van der Waals surface area (Å²) < 4.78 is 7.37. The summed E-state index contributed by atoms with van der Waals surface area (Å²) in [5.74, 6) is 0.542. The van der Waals surface area contributed by atoms with Crippen LogP contribution < -0.4 is 11.2 Å². The van der Waals surface area contributed by atoms with Crippen molar-refractivity contribution >= 4 is 5.69 Å². The Kier molecular flexibility index (Phi) is 3.06. The Labute approximate surface area is 88.7 Å². The van der Waals surface area contributed by atoms with Crippen LogP contribution in [-0.2, 0) is 11.3 Å². The second kappa shape index (κ2) is 4.49. The molecule has 1 saturated heterocycles. The Bertz CT molecular complexity index is 380. The van der Waals surface area contributed by atoms with Crippen molar-refractivity contribution in [2.45, 2.75) is 19.4 Å². The van der Waals surface area contributed by atoms with Gasteiger partial charge in [0.25, 0.3) is 0 Å². The molecule has 0 aromatic carbocycles. The van der Waals surface area contributed by atoms with Crippen LogP contribution in [0.2, 0.25) is 0 Å². The highest BCUT2D eigenvalue weighted by Gasteiger charge is 2.13. The van der Waals surface area contributed by atoms with E-state index in [0.717, 1.165) is 26.2 Å². The molecule has 4 heteroatoms. The molecule has 1 aromatic heterocycles. The molecule has 1 atom stereocenters. The summed E-state index contributed by atoms with van der Waals surface area (Å²) in [6.45, 7) is 2.57. The van der Waals surface area contributed by atoms with E-state index in [1.807, 2.05) is 4.57 Å². The normalized spacial score (nSPS) is 21.5. The molecule has 2 N–H and O–H groups in total. The summed E-state index contributed by atoms with van der Waals surface area (Å²) in [6, 6.07) is 1.51. The summed E-state index contributed by atoms with van der Waals surface area (Å²) in [4.78, 5) is 11.1. The van der Waals surface area contributed by atoms with Crippen molar-refractivity contribution in [3.05, 3.63) is 28.7 Å². The van der Waals surface area contributed by atoms with Gasteiger partial charge < -0.3 is 15.0 Å². The number of hydrogen-bond donors (Lipinski definition) is 1. The molecule has 1 aromatic rings. The average molecular weight is 208 g/mol. The molecule has 1 aliphatic heterocycles. The van der Waals surface area contributed by atoms with Gasteiger partial charge in [-0.3, -0.25) is 4.79 Å². The van der Waals surface area contributed by atoms with E-state index in [9.17, 15) is 4.79 Å². The van der Waals surface area contributed by atoms with E-state index in [0.29, 0.717) is 11.6 Å². The number of ether oxygens (including phenoxy) is 1. The predicted molar refractivity (Wildman–Crippen MR) is 58.7 cm³/mol. The molecule has 1 fully saturated rings. The molecule has 15 heavy (non-hydrogen) atoms. The summed E-state index contributed by atoms with van der Waals surface area (Å²) >= 11 is 0. The van der Waals surface area contributed by atoms with Crippen LogP contribution in [0, 0.1) is 5.92 Å². The van der Waals surface area contributed by atoms with E-state index in [1.165, 1.54) is 12.5 Å². The summed E-state index contributed by atoms with van der Waals surface area (Å²) in [7, 11) is 0. The number of aromatic nitrogens is 1. The zero-order valence-corrected chi connectivity index (χ0v) is 8.69. The maximum Gasteiger partial charge on any atom is 0.204 e. The molecule has 1 aliphatic rings. The first-order valence-corrected chi connectivity index (χ1v) is 5.29. The number of nitrogens with zero attached hydrogens (tertiary/aromatic N) is 1. The first kappa shape index (κ1) is 10.2. The molecule has 0 spiro atoms. The Balaban J connectivity index is 2.03. The van der Waals surface area contributed by atoms with Crippen molar-refractivity contribution in [2.75, 3.05) is 18.9 Å². The van der Waals surface area contributed by atoms with E-state index in [-0.39, 0.29) is 5.43 Å². The van der Waals surface area contributed by atoms with Gasteiger partial charge >= 0.3 is 0 Å². The second-order valence-corrected chi connectivity index (χ2v) is 4.04. The Morgan fingerprint density at radius 1 is 1.60 bits per heavy atom. The molecular formula is C11H16N2O2. The number of pyridine rings is 1. The van der Waals surface area contributed by atoms with Crippen molar-refractivity contribution in [1.29, 1.82) is 0 Å². The van der Waals surface area contributed by atoms with E-state index in [2.05, 4.69) is 0 Å². The van der Waals surface area contributed by atoms with Gasteiger partial charge in [0.2, 0.25) is 5.43 Å². The van der Waals surface area contributed by atoms with E-state index >= 15 is 0 Å². The fourth-order valence-corrected chi connectivity index (χ4v) is 1.91. The lowest BCUT2D eigenvalue weighted by atomic mass is 10.0. The summed E-state index contributed by atoms with van der Waals surface area (Å²) in [6.07, 6.45) is 5.80. The van der Waals surface area contributed by atoms with Crippen LogP contribution in [0.5, 0.6) is 0 Å². The van der Waals surface area contributed by atoms with Gasteiger partial charge in [-0.25, -0.2) is 0 Å². The fourth-order valence-electron chi connectivity index (χ4n) is 1.91. The van der Waals surface area contributed by atoms with Crippen LogP contribution in [0.15, 0.2) is 23.3 Å². The average Bonchev–Trinajstić information content (AvgIpc) is 2.25. The van der Waals surface area contributed by atoms with E-state index < -0.39 is 0 Å². The zero-order valence-electron chi connectivity index (χ0n) is 8.69. The molecule has 0 radical (unpaired) electrons. The topological polar surface area (TPSA) is 57.2 Å². The van der Waals surface area contributed by atoms with Crippen LogP contribution in [0.4, 0.5) is 5.69 Å². The van der Waals surface area contributed by atoms with Crippen molar-refractivity contribution < 1.29 is 4.74 Å². The van der Waals surface area contributed by atoms with Crippen LogP contribution >= 0.6 is 0 Å². The molecular weight excluding hydrogens is 192 g/mol. The third-order valence-corrected chi connectivity index (χ3v) is 2.73. The first-order valence-electron chi connectivity index (χ1n) is 5.29. The standard InChI is InChI=1S/C11H16N2O2/c12-10-7-13(4-3-11(10)14)6-9-2-1-5-15-8-9/h3-4,7,9H,1-2,5-6,8,12H2. The van der Waals surface area contributed by atoms with Gasteiger partial charge in [-0.1, -0.05) is 0 Å². The van der Waals surface area contributed by atoms with Crippen molar-refractivity contribution in [3.8, 4) is 0 Å². The lowest BCUT2D eigenvalue weighted by Crippen LogP contribution is -2.23. The van der Waals surface area contributed by atoms with Gasteiger partial charge in [-0.2, -0.15) is 0 Å². The van der Waals surface area contributed by atoms with E-state index in [1.54, 1.807) is 12.4 Å². The number of hydrogen-bond acceptors (Lipinski definition) is 3. The van der Waals surface area contributed by atoms with Gasteiger partial charge in [-0.05, 0) is 12.8 Å². The Morgan fingerprint density at radius 2 is 2.47 bits per heavy atom. The van der Waals surface area contributed by atoms with Gasteiger partial charge in [0.05, 0.1) is 12.3 Å². The maximum absolute atomic E-state index is 11.1. The van der Waals surface area contributed by atoms with Crippen molar-refractivity contribution in [3.63, 3.8) is 0 Å². The van der Waals surface area contributed by atoms with Crippen LogP contribution in [0.25, 0.3) is 0 Å². The Morgan fingerprint density at radius 3 is 3.13 bits per heavy atom. The molecule has 4 nitrogen and oxygen atoms in total. The maximum atomic E-state index is 11.1. The lowest BCUT2D eigenvalue weighted by molar-refractivity contribution is 0.0483. The highest BCUT2D eigenvalue weighted by molar-refractivity contribution is 5.33. The first-order chi connectivity index (χ1) is 7.25. The monoisotopic (exact) mass is 208 g/mol. The van der Waals surface area contributed by atoms with E-state index in [4.69, 9.17) is 10.5 Å². The summed E-state index contributed by atoms with van der Waals surface area (Å²) in [5.41, 5.74) is 5.77. The third-order valence-electron chi connectivity index (χ3n) is 2.73. The Hall–Kier alpha value is -1.29. The van der Waals surface area contributed by atoms with Gasteiger partial charge in [-0.15, -0.1) is 0 Å². The number of nitrogens with two attached hydrogens (primary N) is 1. The molecule has 0 amide bonds. The molecule has 0 saturated carbocycles. The number of nitrogen functional groups attached to an aromatic ring is 1. The van der Waals surface area contributed by atoms with Crippen LogP contribution in [0.1, 0.15) is 12.8 Å². The van der Waals surface area contributed by atoms with Gasteiger partial charge in [0, 0.05) is 37.5 Å². The van der Waals surface area contributed by atoms with Gasteiger partial charge in [0.15, 0.2) is 0 Å². The second-order valence-electron chi connectivity index (χ2n) is 4.04. The molecule has 1 unspecified atom stereocenters.